The fraction of sp³-hybridized carbons (Fsp3) is 0.500. The molecule has 0 unspecified atom stereocenters. The SMILES string of the molecule is CCN(CCCN(C)C)c1cccc(Cl)c1C(=N)N. The van der Waals surface area contributed by atoms with E-state index in [1.54, 1.807) is 6.07 Å². The highest BCUT2D eigenvalue weighted by Gasteiger charge is 2.14. The minimum absolute atomic E-state index is 0.0201. The second kappa shape index (κ2) is 7.36. The first-order chi connectivity index (χ1) is 8.97. The molecule has 0 fully saturated rings. The molecule has 3 N–H and O–H groups in total. The molecule has 0 spiro atoms. The van der Waals surface area contributed by atoms with E-state index in [0.717, 1.165) is 31.7 Å². The second-order valence-electron chi connectivity index (χ2n) is 4.78. The van der Waals surface area contributed by atoms with Crippen LogP contribution in [-0.2, 0) is 0 Å². The van der Waals surface area contributed by atoms with Crippen molar-refractivity contribution in [1.29, 1.82) is 5.41 Å². The van der Waals surface area contributed by atoms with Crippen LogP contribution in [-0.4, -0.2) is 44.5 Å². The summed E-state index contributed by atoms with van der Waals surface area (Å²) in [6.45, 7) is 4.93. The van der Waals surface area contributed by atoms with Crippen LogP contribution in [0.5, 0.6) is 0 Å². The summed E-state index contributed by atoms with van der Waals surface area (Å²) in [5.41, 5.74) is 7.23. The van der Waals surface area contributed by atoms with Crippen molar-refractivity contribution in [3.8, 4) is 0 Å². The first-order valence-electron chi connectivity index (χ1n) is 6.50. The molecule has 19 heavy (non-hydrogen) atoms. The molecular formula is C14H23ClN4. The van der Waals surface area contributed by atoms with Crippen molar-refractivity contribution in [2.24, 2.45) is 5.73 Å². The Kier molecular flexibility index (Phi) is 6.12. The lowest BCUT2D eigenvalue weighted by Gasteiger charge is -2.26. The molecule has 1 rings (SSSR count). The van der Waals surface area contributed by atoms with E-state index in [-0.39, 0.29) is 5.84 Å². The lowest BCUT2D eigenvalue weighted by Crippen LogP contribution is -2.29. The van der Waals surface area contributed by atoms with Gasteiger partial charge in [0.2, 0.25) is 0 Å². The van der Waals surface area contributed by atoms with Crippen molar-refractivity contribution in [1.82, 2.24) is 4.90 Å². The highest BCUT2D eigenvalue weighted by atomic mass is 35.5. The van der Waals surface area contributed by atoms with Gasteiger partial charge in [-0.25, -0.2) is 0 Å². The van der Waals surface area contributed by atoms with Gasteiger partial charge in [-0.05, 0) is 46.1 Å². The fourth-order valence-corrected chi connectivity index (χ4v) is 2.34. The van der Waals surface area contributed by atoms with Crippen molar-refractivity contribution in [3.63, 3.8) is 0 Å². The Hall–Kier alpha value is -1.26. The topological polar surface area (TPSA) is 56.4 Å². The van der Waals surface area contributed by atoms with Gasteiger partial charge >= 0.3 is 0 Å². The molecule has 1 aromatic carbocycles. The Bertz CT molecular complexity index is 431. The molecule has 0 bridgehead atoms. The Morgan fingerprint density at radius 1 is 1.32 bits per heavy atom. The van der Waals surface area contributed by atoms with Crippen molar-refractivity contribution in [3.05, 3.63) is 28.8 Å². The third-order valence-corrected chi connectivity index (χ3v) is 3.33. The number of amidine groups is 1. The van der Waals surface area contributed by atoms with Crippen LogP contribution in [0, 0.1) is 5.41 Å². The molecule has 0 radical (unpaired) electrons. The van der Waals surface area contributed by atoms with Gasteiger partial charge in [0, 0.05) is 18.8 Å². The summed E-state index contributed by atoms with van der Waals surface area (Å²) >= 11 is 6.15. The summed E-state index contributed by atoms with van der Waals surface area (Å²) in [5.74, 6) is 0.0201. The van der Waals surface area contributed by atoms with Crippen molar-refractivity contribution >= 4 is 23.1 Å². The van der Waals surface area contributed by atoms with E-state index >= 15 is 0 Å². The van der Waals surface area contributed by atoms with Gasteiger partial charge in [-0.1, -0.05) is 17.7 Å². The van der Waals surface area contributed by atoms with Gasteiger partial charge in [0.25, 0.3) is 0 Å². The molecule has 0 aliphatic carbocycles. The highest BCUT2D eigenvalue weighted by molar-refractivity contribution is 6.34. The maximum Gasteiger partial charge on any atom is 0.126 e. The summed E-state index contributed by atoms with van der Waals surface area (Å²) < 4.78 is 0. The van der Waals surface area contributed by atoms with Gasteiger partial charge in [-0.3, -0.25) is 5.41 Å². The van der Waals surface area contributed by atoms with Crippen molar-refractivity contribution < 1.29 is 0 Å². The average molecular weight is 283 g/mol. The first kappa shape index (κ1) is 15.8. The van der Waals surface area contributed by atoms with E-state index in [4.69, 9.17) is 22.7 Å². The molecule has 0 heterocycles. The Morgan fingerprint density at radius 3 is 2.53 bits per heavy atom. The fourth-order valence-electron chi connectivity index (χ4n) is 2.07. The number of nitrogen functional groups attached to an aromatic ring is 1. The van der Waals surface area contributed by atoms with Crippen LogP contribution in [0.25, 0.3) is 0 Å². The first-order valence-corrected chi connectivity index (χ1v) is 6.87. The third kappa shape index (κ3) is 4.40. The summed E-state index contributed by atoms with van der Waals surface area (Å²) in [6.07, 6.45) is 1.06. The zero-order chi connectivity index (χ0) is 14.4. The van der Waals surface area contributed by atoms with Crippen LogP contribution in [0.4, 0.5) is 5.69 Å². The number of hydrogen-bond acceptors (Lipinski definition) is 3. The molecule has 0 atom stereocenters. The largest absolute Gasteiger partial charge is 0.384 e. The van der Waals surface area contributed by atoms with Gasteiger partial charge in [0.1, 0.15) is 5.84 Å². The molecule has 0 aliphatic rings. The van der Waals surface area contributed by atoms with Crippen LogP contribution >= 0.6 is 11.6 Å². The maximum absolute atomic E-state index is 7.69. The Balaban J connectivity index is 2.92. The summed E-state index contributed by atoms with van der Waals surface area (Å²) in [4.78, 5) is 4.38. The van der Waals surface area contributed by atoms with Gasteiger partial charge in [-0.2, -0.15) is 0 Å². The molecule has 1 aromatic rings. The van der Waals surface area contributed by atoms with E-state index in [2.05, 4.69) is 30.8 Å². The maximum atomic E-state index is 7.69. The Labute approximate surface area is 120 Å². The van der Waals surface area contributed by atoms with Gasteiger partial charge in [0.15, 0.2) is 0 Å². The number of anilines is 1. The van der Waals surface area contributed by atoms with Crippen LogP contribution < -0.4 is 10.6 Å². The number of nitrogens with zero attached hydrogens (tertiary/aromatic N) is 2. The number of nitrogens with one attached hydrogen (secondary N) is 1. The predicted octanol–water partition coefficient (Wildman–Crippen LogP) is 2.40. The van der Waals surface area contributed by atoms with Crippen LogP contribution in [0.3, 0.4) is 0 Å². The predicted molar refractivity (Wildman–Crippen MR) is 83.5 cm³/mol. The third-order valence-electron chi connectivity index (χ3n) is 3.02. The second-order valence-corrected chi connectivity index (χ2v) is 5.19. The van der Waals surface area contributed by atoms with E-state index in [1.165, 1.54) is 0 Å². The average Bonchev–Trinajstić information content (AvgIpc) is 2.33. The van der Waals surface area contributed by atoms with E-state index in [9.17, 15) is 0 Å². The smallest absolute Gasteiger partial charge is 0.126 e. The van der Waals surface area contributed by atoms with Crippen LogP contribution in [0.15, 0.2) is 18.2 Å². The summed E-state index contributed by atoms with van der Waals surface area (Å²) in [7, 11) is 4.13. The van der Waals surface area contributed by atoms with Gasteiger partial charge < -0.3 is 15.5 Å². The molecule has 0 aliphatic heterocycles. The normalized spacial score (nSPS) is 10.8. The van der Waals surface area contributed by atoms with Crippen LogP contribution in [0.1, 0.15) is 18.9 Å². The van der Waals surface area contributed by atoms with E-state index in [1.807, 2.05) is 12.1 Å². The van der Waals surface area contributed by atoms with Crippen LogP contribution in [0.2, 0.25) is 5.02 Å². The number of nitrogens with two attached hydrogens (primary N) is 1. The quantitative estimate of drug-likeness (QED) is 0.596. The number of benzene rings is 1. The molecule has 5 heteroatoms. The lowest BCUT2D eigenvalue weighted by molar-refractivity contribution is 0.400. The minimum atomic E-state index is 0.0201. The van der Waals surface area contributed by atoms with E-state index < -0.39 is 0 Å². The van der Waals surface area contributed by atoms with Crippen molar-refractivity contribution in [2.75, 3.05) is 38.6 Å². The van der Waals surface area contributed by atoms with E-state index in [0.29, 0.717) is 10.6 Å². The highest BCUT2D eigenvalue weighted by Crippen LogP contribution is 2.27. The molecule has 4 nitrogen and oxygen atoms in total. The zero-order valence-electron chi connectivity index (χ0n) is 11.9. The lowest BCUT2D eigenvalue weighted by atomic mass is 10.1. The number of halogens is 1. The monoisotopic (exact) mass is 282 g/mol. The molecule has 0 saturated carbocycles. The molecular weight excluding hydrogens is 260 g/mol. The Morgan fingerprint density at radius 2 is 2.00 bits per heavy atom. The zero-order valence-corrected chi connectivity index (χ0v) is 12.7. The summed E-state index contributed by atoms with van der Waals surface area (Å²) in [6, 6.07) is 5.65. The van der Waals surface area contributed by atoms with Crippen molar-refractivity contribution in [2.45, 2.75) is 13.3 Å². The number of hydrogen-bond donors (Lipinski definition) is 2. The molecule has 106 valence electrons. The summed E-state index contributed by atoms with van der Waals surface area (Å²) in [5, 5.41) is 8.23. The standard InChI is InChI=1S/C14H23ClN4/c1-4-19(10-6-9-18(2)3)12-8-5-7-11(15)13(12)14(16)17/h5,7-8H,4,6,9-10H2,1-3H3,(H3,16,17). The number of rotatable bonds is 7. The van der Waals surface area contributed by atoms with Gasteiger partial charge in [0.05, 0.1) is 10.6 Å². The molecule has 0 saturated heterocycles. The minimum Gasteiger partial charge on any atom is -0.384 e. The van der Waals surface area contributed by atoms with Gasteiger partial charge in [-0.15, -0.1) is 0 Å². The molecule has 0 aromatic heterocycles. The molecule has 0 amide bonds.